The van der Waals surface area contributed by atoms with Crippen molar-refractivity contribution in [3.63, 3.8) is 0 Å². The third kappa shape index (κ3) is 2.71. The lowest BCUT2D eigenvalue weighted by Crippen LogP contribution is -2.53. The molecule has 2 fully saturated rings. The van der Waals surface area contributed by atoms with E-state index in [4.69, 9.17) is 9.47 Å². The van der Waals surface area contributed by atoms with Crippen LogP contribution >= 0.6 is 0 Å². The molecule has 0 radical (unpaired) electrons. The van der Waals surface area contributed by atoms with Crippen molar-refractivity contribution in [3.05, 3.63) is 0 Å². The normalized spacial score (nSPS) is 26.8. The highest BCUT2D eigenvalue weighted by atomic mass is 16.5. The van der Waals surface area contributed by atoms with Crippen molar-refractivity contribution in [2.24, 2.45) is 11.3 Å². The van der Waals surface area contributed by atoms with Crippen molar-refractivity contribution >= 4 is 5.78 Å². The second-order valence-electron chi connectivity index (χ2n) is 5.82. The zero-order valence-corrected chi connectivity index (χ0v) is 11.0. The van der Waals surface area contributed by atoms with Gasteiger partial charge in [-0.2, -0.15) is 0 Å². The Labute approximate surface area is 104 Å². The Morgan fingerprint density at radius 2 is 2.00 bits per heavy atom. The summed E-state index contributed by atoms with van der Waals surface area (Å²) in [6.07, 6.45) is 5.28. The molecule has 3 heteroatoms. The third-order valence-electron chi connectivity index (χ3n) is 4.04. The lowest BCUT2D eigenvalue weighted by atomic mass is 9.63. The second-order valence-corrected chi connectivity index (χ2v) is 5.82. The van der Waals surface area contributed by atoms with Gasteiger partial charge < -0.3 is 9.47 Å². The summed E-state index contributed by atoms with van der Waals surface area (Å²) in [5.74, 6) is 1.00. The summed E-state index contributed by atoms with van der Waals surface area (Å²) in [5, 5.41) is 0. The number of hydrogen-bond donors (Lipinski definition) is 0. The first-order chi connectivity index (χ1) is 8.15. The van der Waals surface area contributed by atoms with Gasteiger partial charge in [-0.1, -0.05) is 26.7 Å². The van der Waals surface area contributed by atoms with Crippen LogP contribution in [-0.2, 0) is 14.3 Å². The van der Waals surface area contributed by atoms with Gasteiger partial charge in [-0.3, -0.25) is 4.79 Å². The van der Waals surface area contributed by atoms with E-state index >= 15 is 0 Å². The first kappa shape index (κ1) is 13.0. The van der Waals surface area contributed by atoms with Gasteiger partial charge in [0.15, 0.2) is 0 Å². The molecule has 0 saturated heterocycles. The molecular formula is C14H24O3. The van der Waals surface area contributed by atoms with E-state index in [0.29, 0.717) is 31.3 Å². The number of carbonyl (C=O) groups is 1. The molecule has 3 nitrogen and oxygen atoms in total. The molecule has 0 N–H and O–H groups in total. The van der Waals surface area contributed by atoms with E-state index in [2.05, 4.69) is 13.8 Å². The third-order valence-corrected chi connectivity index (χ3v) is 4.04. The molecule has 0 aromatic rings. The number of ketones is 1. The SMILES string of the molecule is CC(C)COCCOC1CC(=O)C12CCCC2. The van der Waals surface area contributed by atoms with Crippen molar-refractivity contribution in [2.45, 2.75) is 52.1 Å². The van der Waals surface area contributed by atoms with Crippen molar-refractivity contribution in [1.82, 2.24) is 0 Å². The molecule has 0 bridgehead atoms. The fourth-order valence-corrected chi connectivity index (χ4v) is 3.01. The minimum Gasteiger partial charge on any atom is -0.379 e. The molecule has 2 rings (SSSR count). The van der Waals surface area contributed by atoms with E-state index in [9.17, 15) is 4.79 Å². The summed E-state index contributed by atoms with van der Waals surface area (Å²) in [5.41, 5.74) is -0.0853. The van der Waals surface area contributed by atoms with E-state index in [1.165, 1.54) is 12.8 Å². The van der Waals surface area contributed by atoms with Crippen molar-refractivity contribution in [3.8, 4) is 0 Å². The highest BCUT2D eigenvalue weighted by molar-refractivity contribution is 5.92. The van der Waals surface area contributed by atoms with Gasteiger partial charge in [-0.15, -0.1) is 0 Å². The molecule has 0 aliphatic heterocycles. The minimum atomic E-state index is -0.0853. The van der Waals surface area contributed by atoms with Gasteiger partial charge in [0.1, 0.15) is 5.78 Å². The Morgan fingerprint density at radius 3 is 2.59 bits per heavy atom. The minimum absolute atomic E-state index is 0.0853. The maximum absolute atomic E-state index is 11.7. The highest BCUT2D eigenvalue weighted by Gasteiger charge is 2.56. The first-order valence-electron chi connectivity index (χ1n) is 6.88. The zero-order chi connectivity index (χ0) is 12.3. The quantitative estimate of drug-likeness (QED) is 0.669. The van der Waals surface area contributed by atoms with Crippen LogP contribution in [-0.4, -0.2) is 31.7 Å². The molecule has 0 aromatic heterocycles. The number of ether oxygens (including phenoxy) is 2. The summed E-state index contributed by atoms with van der Waals surface area (Å²) in [6.45, 7) is 6.35. The van der Waals surface area contributed by atoms with E-state index < -0.39 is 0 Å². The Balaban J connectivity index is 1.65. The molecule has 2 aliphatic carbocycles. The zero-order valence-electron chi connectivity index (χ0n) is 11.0. The van der Waals surface area contributed by atoms with Crippen LogP contribution in [0.2, 0.25) is 0 Å². The van der Waals surface area contributed by atoms with E-state index in [-0.39, 0.29) is 11.5 Å². The monoisotopic (exact) mass is 240 g/mol. The van der Waals surface area contributed by atoms with Crippen LogP contribution in [0.25, 0.3) is 0 Å². The van der Waals surface area contributed by atoms with Crippen LogP contribution < -0.4 is 0 Å². The Bertz CT molecular complexity index is 267. The predicted octanol–water partition coefficient (Wildman–Crippen LogP) is 2.58. The first-order valence-corrected chi connectivity index (χ1v) is 6.88. The molecular weight excluding hydrogens is 216 g/mol. The molecule has 1 unspecified atom stereocenters. The molecule has 98 valence electrons. The van der Waals surface area contributed by atoms with Gasteiger partial charge in [0, 0.05) is 13.0 Å². The molecule has 1 spiro atoms. The van der Waals surface area contributed by atoms with Crippen LogP contribution in [0, 0.1) is 11.3 Å². The number of rotatable bonds is 6. The molecule has 1 atom stereocenters. The molecule has 0 amide bonds. The second kappa shape index (κ2) is 5.49. The maximum Gasteiger partial charge on any atom is 0.144 e. The van der Waals surface area contributed by atoms with E-state index in [1.807, 2.05) is 0 Å². The van der Waals surface area contributed by atoms with Gasteiger partial charge in [-0.05, 0) is 18.8 Å². The van der Waals surface area contributed by atoms with E-state index in [0.717, 1.165) is 19.4 Å². The molecule has 17 heavy (non-hydrogen) atoms. The number of Topliss-reactive ketones (excluding diaryl/α,β-unsaturated/α-hetero) is 1. The van der Waals surface area contributed by atoms with Crippen LogP contribution in [0.3, 0.4) is 0 Å². The lowest BCUT2D eigenvalue weighted by molar-refractivity contribution is -0.164. The van der Waals surface area contributed by atoms with Crippen molar-refractivity contribution in [1.29, 1.82) is 0 Å². The lowest BCUT2D eigenvalue weighted by Gasteiger charge is -2.44. The predicted molar refractivity (Wildman–Crippen MR) is 65.9 cm³/mol. The number of hydrogen-bond acceptors (Lipinski definition) is 3. The molecule has 0 aromatic carbocycles. The van der Waals surface area contributed by atoms with Crippen LogP contribution in [0.15, 0.2) is 0 Å². The summed E-state index contributed by atoms with van der Waals surface area (Å²) in [7, 11) is 0. The maximum atomic E-state index is 11.7. The average Bonchev–Trinajstić information content (AvgIpc) is 2.78. The van der Waals surface area contributed by atoms with E-state index in [1.54, 1.807) is 0 Å². The fraction of sp³-hybridized carbons (Fsp3) is 0.929. The Morgan fingerprint density at radius 1 is 1.29 bits per heavy atom. The van der Waals surface area contributed by atoms with Gasteiger partial charge in [0.05, 0.1) is 24.7 Å². The highest BCUT2D eigenvalue weighted by Crippen LogP contribution is 2.51. The van der Waals surface area contributed by atoms with Gasteiger partial charge in [-0.25, -0.2) is 0 Å². The van der Waals surface area contributed by atoms with Gasteiger partial charge in [0.25, 0.3) is 0 Å². The average molecular weight is 240 g/mol. The standard InChI is InChI=1S/C14H24O3/c1-11(2)10-16-7-8-17-13-9-12(15)14(13)5-3-4-6-14/h11,13H,3-10H2,1-2H3. The smallest absolute Gasteiger partial charge is 0.144 e. The fourth-order valence-electron chi connectivity index (χ4n) is 3.01. The Kier molecular flexibility index (Phi) is 4.21. The molecule has 2 saturated carbocycles. The van der Waals surface area contributed by atoms with Gasteiger partial charge >= 0.3 is 0 Å². The van der Waals surface area contributed by atoms with Crippen LogP contribution in [0.5, 0.6) is 0 Å². The Hall–Kier alpha value is -0.410. The van der Waals surface area contributed by atoms with Crippen molar-refractivity contribution in [2.75, 3.05) is 19.8 Å². The summed E-state index contributed by atoms with van der Waals surface area (Å²) >= 11 is 0. The van der Waals surface area contributed by atoms with Crippen LogP contribution in [0.4, 0.5) is 0 Å². The largest absolute Gasteiger partial charge is 0.379 e. The van der Waals surface area contributed by atoms with Crippen LogP contribution in [0.1, 0.15) is 46.0 Å². The molecule has 2 aliphatic rings. The summed E-state index contributed by atoms with van der Waals surface area (Å²) in [4.78, 5) is 11.7. The topological polar surface area (TPSA) is 35.5 Å². The van der Waals surface area contributed by atoms with Gasteiger partial charge in [0.2, 0.25) is 0 Å². The van der Waals surface area contributed by atoms with Crippen molar-refractivity contribution < 1.29 is 14.3 Å². The molecule has 0 heterocycles. The number of carbonyl (C=O) groups excluding carboxylic acids is 1. The summed E-state index contributed by atoms with van der Waals surface area (Å²) < 4.78 is 11.3. The summed E-state index contributed by atoms with van der Waals surface area (Å²) in [6, 6.07) is 0.